The van der Waals surface area contributed by atoms with Crippen LogP contribution < -0.4 is 5.32 Å². The Hall–Kier alpha value is -1.03. The van der Waals surface area contributed by atoms with Crippen molar-refractivity contribution in [2.75, 3.05) is 20.6 Å². The molecule has 0 saturated carbocycles. The lowest BCUT2D eigenvalue weighted by Gasteiger charge is -2.11. The molecule has 0 saturated heterocycles. The maximum Gasteiger partial charge on any atom is 0.316 e. The molecule has 0 aliphatic carbocycles. The molecule has 0 atom stereocenters. The second-order valence-electron chi connectivity index (χ2n) is 3.51. The lowest BCUT2D eigenvalue weighted by molar-refractivity contribution is 0.217. The molecule has 82 valence electrons. The molecule has 0 aliphatic rings. The second kappa shape index (κ2) is 5.75. The SMILES string of the molecule is CN(C)C(=O)NCCc1cccc(Br)c1. The molecule has 1 aromatic carbocycles. The molecule has 1 rings (SSSR count). The molecule has 0 unspecified atom stereocenters. The Balaban J connectivity index is 2.35. The summed E-state index contributed by atoms with van der Waals surface area (Å²) in [5.74, 6) is 0. The van der Waals surface area contributed by atoms with Crippen molar-refractivity contribution in [2.45, 2.75) is 6.42 Å². The molecular formula is C11H15BrN2O. The number of carbonyl (C=O) groups excluding carboxylic acids is 1. The number of nitrogens with zero attached hydrogens (tertiary/aromatic N) is 1. The van der Waals surface area contributed by atoms with Crippen molar-refractivity contribution >= 4 is 22.0 Å². The minimum atomic E-state index is -0.0509. The van der Waals surface area contributed by atoms with Crippen molar-refractivity contribution in [3.63, 3.8) is 0 Å². The molecule has 2 amide bonds. The Bertz CT molecular complexity index is 339. The van der Waals surface area contributed by atoms with Crippen LogP contribution in [0.2, 0.25) is 0 Å². The zero-order valence-electron chi connectivity index (χ0n) is 8.96. The van der Waals surface area contributed by atoms with Gasteiger partial charge in [-0.3, -0.25) is 0 Å². The van der Waals surface area contributed by atoms with Crippen LogP contribution in [0.1, 0.15) is 5.56 Å². The van der Waals surface area contributed by atoms with Crippen molar-refractivity contribution in [1.29, 1.82) is 0 Å². The van der Waals surface area contributed by atoms with Gasteiger partial charge in [0.15, 0.2) is 0 Å². The van der Waals surface area contributed by atoms with E-state index < -0.39 is 0 Å². The van der Waals surface area contributed by atoms with Crippen LogP contribution in [0.5, 0.6) is 0 Å². The van der Waals surface area contributed by atoms with E-state index in [9.17, 15) is 4.79 Å². The van der Waals surface area contributed by atoms with Gasteiger partial charge >= 0.3 is 6.03 Å². The lowest BCUT2D eigenvalue weighted by Crippen LogP contribution is -2.35. The maximum atomic E-state index is 11.2. The van der Waals surface area contributed by atoms with Crippen molar-refractivity contribution in [3.05, 3.63) is 34.3 Å². The number of carbonyl (C=O) groups is 1. The van der Waals surface area contributed by atoms with Gasteiger partial charge in [-0.2, -0.15) is 0 Å². The number of benzene rings is 1. The minimum absolute atomic E-state index is 0.0509. The first-order valence-corrected chi connectivity index (χ1v) is 5.58. The van der Waals surface area contributed by atoms with Crippen LogP contribution in [-0.2, 0) is 6.42 Å². The summed E-state index contributed by atoms with van der Waals surface area (Å²) in [6, 6.07) is 8.04. The van der Waals surface area contributed by atoms with Gasteiger partial charge in [-0.15, -0.1) is 0 Å². The number of hydrogen-bond donors (Lipinski definition) is 1. The molecule has 1 N–H and O–H groups in total. The van der Waals surface area contributed by atoms with Gasteiger partial charge in [-0.1, -0.05) is 28.1 Å². The van der Waals surface area contributed by atoms with E-state index in [1.54, 1.807) is 14.1 Å². The number of hydrogen-bond acceptors (Lipinski definition) is 1. The molecule has 0 fully saturated rings. The van der Waals surface area contributed by atoms with Gasteiger partial charge in [-0.25, -0.2) is 4.79 Å². The summed E-state index contributed by atoms with van der Waals surface area (Å²) in [6.45, 7) is 0.660. The molecular weight excluding hydrogens is 256 g/mol. The van der Waals surface area contributed by atoms with E-state index >= 15 is 0 Å². The highest BCUT2D eigenvalue weighted by atomic mass is 79.9. The fraction of sp³-hybridized carbons (Fsp3) is 0.364. The van der Waals surface area contributed by atoms with Gasteiger partial charge in [0.1, 0.15) is 0 Å². The van der Waals surface area contributed by atoms with E-state index in [1.165, 1.54) is 10.5 Å². The third-order valence-corrected chi connectivity index (χ3v) is 2.48. The summed E-state index contributed by atoms with van der Waals surface area (Å²) < 4.78 is 1.07. The van der Waals surface area contributed by atoms with Crippen molar-refractivity contribution in [3.8, 4) is 0 Å². The number of amides is 2. The number of urea groups is 1. The Labute approximate surface area is 98.6 Å². The van der Waals surface area contributed by atoms with Gasteiger partial charge in [0, 0.05) is 25.1 Å². The van der Waals surface area contributed by atoms with Gasteiger partial charge in [0.2, 0.25) is 0 Å². The summed E-state index contributed by atoms with van der Waals surface area (Å²) in [5, 5.41) is 2.82. The van der Waals surface area contributed by atoms with Crippen LogP contribution in [0.15, 0.2) is 28.7 Å². The second-order valence-corrected chi connectivity index (χ2v) is 4.42. The van der Waals surface area contributed by atoms with E-state index in [1.807, 2.05) is 18.2 Å². The van der Waals surface area contributed by atoms with E-state index in [0.717, 1.165) is 10.9 Å². The van der Waals surface area contributed by atoms with Gasteiger partial charge in [0.25, 0.3) is 0 Å². The fourth-order valence-corrected chi connectivity index (χ4v) is 1.61. The Morgan fingerprint density at radius 2 is 2.20 bits per heavy atom. The number of rotatable bonds is 3. The molecule has 0 radical (unpaired) electrons. The predicted molar refractivity (Wildman–Crippen MR) is 64.9 cm³/mol. The summed E-state index contributed by atoms with van der Waals surface area (Å²) in [6.07, 6.45) is 0.846. The maximum absolute atomic E-state index is 11.2. The normalized spacial score (nSPS) is 9.80. The molecule has 4 heteroatoms. The zero-order chi connectivity index (χ0) is 11.3. The fourth-order valence-electron chi connectivity index (χ4n) is 1.16. The average Bonchev–Trinajstić information content (AvgIpc) is 2.17. The van der Waals surface area contributed by atoms with Crippen LogP contribution in [0.3, 0.4) is 0 Å². The van der Waals surface area contributed by atoms with Gasteiger partial charge in [-0.05, 0) is 24.1 Å². The molecule has 1 aromatic rings. The standard InChI is InChI=1S/C11H15BrN2O/c1-14(2)11(15)13-7-6-9-4-3-5-10(12)8-9/h3-5,8H,6-7H2,1-2H3,(H,13,15). The van der Waals surface area contributed by atoms with Crippen molar-refractivity contribution in [2.24, 2.45) is 0 Å². The highest BCUT2D eigenvalue weighted by Crippen LogP contribution is 2.11. The Morgan fingerprint density at radius 3 is 2.80 bits per heavy atom. The van der Waals surface area contributed by atoms with Crippen LogP contribution in [0.25, 0.3) is 0 Å². The molecule has 3 nitrogen and oxygen atoms in total. The first-order valence-electron chi connectivity index (χ1n) is 4.79. The van der Waals surface area contributed by atoms with Gasteiger partial charge < -0.3 is 10.2 Å². The van der Waals surface area contributed by atoms with Gasteiger partial charge in [0.05, 0.1) is 0 Å². The van der Waals surface area contributed by atoms with Crippen LogP contribution in [0.4, 0.5) is 4.79 Å². The van der Waals surface area contributed by atoms with Crippen molar-refractivity contribution in [1.82, 2.24) is 10.2 Å². The third kappa shape index (κ3) is 4.34. The number of halogens is 1. The summed E-state index contributed by atoms with van der Waals surface area (Å²) in [7, 11) is 3.46. The first kappa shape index (κ1) is 12.0. The highest BCUT2D eigenvalue weighted by Gasteiger charge is 2.01. The quantitative estimate of drug-likeness (QED) is 0.898. The largest absolute Gasteiger partial charge is 0.338 e. The molecule has 0 bridgehead atoms. The first-order chi connectivity index (χ1) is 7.09. The Kier molecular flexibility index (Phi) is 4.62. The minimum Gasteiger partial charge on any atom is -0.338 e. The number of nitrogens with one attached hydrogen (secondary N) is 1. The van der Waals surface area contributed by atoms with E-state index in [-0.39, 0.29) is 6.03 Å². The van der Waals surface area contributed by atoms with E-state index in [2.05, 4.69) is 27.3 Å². The molecule has 15 heavy (non-hydrogen) atoms. The summed E-state index contributed by atoms with van der Waals surface area (Å²) in [4.78, 5) is 12.7. The molecule has 0 aromatic heterocycles. The van der Waals surface area contributed by atoms with Crippen LogP contribution in [0, 0.1) is 0 Å². The molecule has 0 heterocycles. The van der Waals surface area contributed by atoms with Crippen LogP contribution in [-0.4, -0.2) is 31.6 Å². The van der Waals surface area contributed by atoms with Crippen LogP contribution >= 0.6 is 15.9 Å². The Morgan fingerprint density at radius 1 is 1.47 bits per heavy atom. The predicted octanol–water partition coefficient (Wildman–Crippen LogP) is 2.26. The third-order valence-electron chi connectivity index (χ3n) is 1.99. The molecule has 0 spiro atoms. The average molecular weight is 271 g/mol. The van der Waals surface area contributed by atoms with E-state index in [0.29, 0.717) is 6.54 Å². The topological polar surface area (TPSA) is 32.3 Å². The lowest BCUT2D eigenvalue weighted by atomic mass is 10.1. The smallest absolute Gasteiger partial charge is 0.316 e. The molecule has 0 aliphatic heterocycles. The van der Waals surface area contributed by atoms with Crippen molar-refractivity contribution < 1.29 is 4.79 Å². The highest BCUT2D eigenvalue weighted by molar-refractivity contribution is 9.10. The summed E-state index contributed by atoms with van der Waals surface area (Å²) >= 11 is 3.41. The van der Waals surface area contributed by atoms with E-state index in [4.69, 9.17) is 0 Å². The zero-order valence-corrected chi connectivity index (χ0v) is 10.5. The summed E-state index contributed by atoms with van der Waals surface area (Å²) in [5.41, 5.74) is 1.21. The monoisotopic (exact) mass is 270 g/mol.